The fraction of sp³-hybridized carbons (Fsp3) is 0.579. The summed E-state index contributed by atoms with van der Waals surface area (Å²) >= 11 is 1.85. The van der Waals surface area contributed by atoms with E-state index >= 15 is 0 Å². The number of hydrogen-bond donors (Lipinski definition) is 1. The number of nitrogens with one attached hydrogen (secondary N) is 1. The van der Waals surface area contributed by atoms with Crippen molar-refractivity contribution in [2.45, 2.75) is 64.8 Å². The second-order valence-electron chi connectivity index (χ2n) is 7.33. The van der Waals surface area contributed by atoms with Crippen LogP contribution < -0.4 is 5.32 Å². The summed E-state index contributed by atoms with van der Waals surface area (Å²) in [6.45, 7) is 3.87. The molecule has 26 heavy (non-hydrogen) atoms. The van der Waals surface area contributed by atoms with Crippen molar-refractivity contribution in [3.63, 3.8) is 0 Å². The Morgan fingerprint density at radius 2 is 2.00 bits per heavy atom. The fourth-order valence-electron chi connectivity index (χ4n) is 4.25. The van der Waals surface area contributed by atoms with E-state index in [9.17, 15) is 0 Å². The molecule has 0 aromatic carbocycles. The first-order valence-electron chi connectivity index (χ1n) is 9.73. The van der Waals surface area contributed by atoms with Crippen LogP contribution in [0.15, 0.2) is 0 Å². The highest BCUT2D eigenvalue weighted by molar-refractivity contribution is 7.19. The third-order valence-corrected chi connectivity index (χ3v) is 6.69. The zero-order valence-electron chi connectivity index (χ0n) is 15.2. The number of nitrogens with zero attached hydrogens (tertiary/aromatic N) is 5. The summed E-state index contributed by atoms with van der Waals surface area (Å²) in [6, 6.07) is 0. The smallest absolute Gasteiger partial charge is 0.138 e. The quantitative estimate of drug-likeness (QED) is 0.764. The monoisotopic (exact) mass is 368 g/mol. The van der Waals surface area contributed by atoms with E-state index in [1.54, 1.807) is 0 Å². The predicted molar refractivity (Wildman–Crippen MR) is 104 cm³/mol. The molecule has 0 unspecified atom stereocenters. The van der Waals surface area contributed by atoms with E-state index in [1.165, 1.54) is 47.9 Å². The number of thiophene rings is 1. The van der Waals surface area contributed by atoms with Crippen LogP contribution in [0.4, 0.5) is 5.82 Å². The molecule has 4 heterocycles. The van der Waals surface area contributed by atoms with Gasteiger partial charge in [-0.05, 0) is 44.6 Å². The summed E-state index contributed by atoms with van der Waals surface area (Å²) in [5.41, 5.74) is 1.48. The maximum atomic E-state index is 4.71. The van der Waals surface area contributed by atoms with Crippen molar-refractivity contribution in [2.75, 3.05) is 11.9 Å². The Labute approximate surface area is 157 Å². The van der Waals surface area contributed by atoms with E-state index in [4.69, 9.17) is 4.98 Å². The first kappa shape index (κ1) is 16.2. The van der Waals surface area contributed by atoms with E-state index < -0.39 is 0 Å². The first-order chi connectivity index (χ1) is 12.8. The van der Waals surface area contributed by atoms with Gasteiger partial charge in [0.2, 0.25) is 0 Å². The van der Waals surface area contributed by atoms with Crippen LogP contribution in [-0.4, -0.2) is 31.3 Å². The van der Waals surface area contributed by atoms with Gasteiger partial charge in [-0.1, -0.05) is 6.42 Å². The summed E-state index contributed by atoms with van der Waals surface area (Å²) in [6.07, 6.45) is 9.32. The average molecular weight is 369 g/mol. The van der Waals surface area contributed by atoms with E-state index in [0.717, 1.165) is 60.5 Å². The molecule has 3 aromatic rings. The lowest BCUT2D eigenvalue weighted by molar-refractivity contribution is 0.606. The molecule has 2 aliphatic rings. The highest BCUT2D eigenvalue weighted by Crippen LogP contribution is 2.39. The van der Waals surface area contributed by atoms with Gasteiger partial charge in [0.1, 0.15) is 28.1 Å². The summed E-state index contributed by atoms with van der Waals surface area (Å²) in [4.78, 5) is 12.0. The molecule has 0 saturated heterocycles. The fourth-order valence-corrected chi connectivity index (χ4v) is 5.56. The predicted octanol–water partition coefficient (Wildman–Crippen LogP) is 3.46. The van der Waals surface area contributed by atoms with Gasteiger partial charge in [0.25, 0.3) is 0 Å². The number of rotatable bonds is 4. The molecule has 1 N–H and O–H groups in total. The largest absolute Gasteiger partial charge is 0.369 e. The molecule has 7 heteroatoms. The molecular formula is C19H24N6S. The standard InChI is InChI=1S/C19H24N6S/c1-12-21-18(17-13-6-5-7-14(13)26-19(17)22-12)20-10-9-16-24-23-15-8-3-2-4-11-25(15)16/h2-11H2,1H3,(H,20,21,22). The molecule has 0 radical (unpaired) electrons. The van der Waals surface area contributed by atoms with E-state index in [-0.39, 0.29) is 0 Å². The van der Waals surface area contributed by atoms with E-state index in [2.05, 4.69) is 25.1 Å². The van der Waals surface area contributed by atoms with Crippen molar-refractivity contribution >= 4 is 27.4 Å². The lowest BCUT2D eigenvalue weighted by atomic mass is 10.2. The number of anilines is 1. The van der Waals surface area contributed by atoms with E-state index in [1.807, 2.05) is 18.3 Å². The van der Waals surface area contributed by atoms with Gasteiger partial charge in [-0.2, -0.15) is 0 Å². The molecule has 3 aromatic heterocycles. The highest BCUT2D eigenvalue weighted by Gasteiger charge is 2.22. The van der Waals surface area contributed by atoms with Crippen molar-refractivity contribution in [1.29, 1.82) is 0 Å². The Morgan fingerprint density at radius 1 is 1.04 bits per heavy atom. The van der Waals surface area contributed by atoms with Gasteiger partial charge in [-0.15, -0.1) is 21.5 Å². The molecule has 1 aliphatic carbocycles. The number of fused-ring (bicyclic) bond motifs is 4. The average Bonchev–Trinajstić information content (AvgIpc) is 3.25. The van der Waals surface area contributed by atoms with Crippen LogP contribution in [0.5, 0.6) is 0 Å². The topological polar surface area (TPSA) is 68.5 Å². The molecule has 0 saturated carbocycles. The molecule has 0 fully saturated rings. The summed E-state index contributed by atoms with van der Waals surface area (Å²) in [5.74, 6) is 4.11. The van der Waals surface area contributed by atoms with Gasteiger partial charge in [-0.25, -0.2) is 9.97 Å². The molecule has 0 amide bonds. The van der Waals surface area contributed by atoms with Gasteiger partial charge in [-0.3, -0.25) is 0 Å². The maximum Gasteiger partial charge on any atom is 0.138 e. The van der Waals surface area contributed by atoms with Crippen molar-refractivity contribution in [3.8, 4) is 0 Å². The molecule has 6 nitrogen and oxygen atoms in total. The SMILES string of the molecule is Cc1nc(NCCc2nnc3n2CCCCC3)c2c3c(sc2n1)CCC3. The minimum absolute atomic E-state index is 0.828. The summed E-state index contributed by atoms with van der Waals surface area (Å²) in [5, 5.41) is 13.7. The van der Waals surface area contributed by atoms with Crippen molar-refractivity contribution in [1.82, 2.24) is 24.7 Å². The van der Waals surface area contributed by atoms with Gasteiger partial charge in [0.15, 0.2) is 0 Å². The molecule has 5 rings (SSSR count). The number of aromatic nitrogens is 5. The second-order valence-corrected chi connectivity index (χ2v) is 8.41. The van der Waals surface area contributed by atoms with Crippen LogP contribution in [0.1, 0.15) is 53.6 Å². The second kappa shape index (κ2) is 6.61. The molecule has 0 bridgehead atoms. The number of aryl methyl sites for hydroxylation is 4. The highest BCUT2D eigenvalue weighted by atomic mass is 32.1. The zero-order chi connectivity index (χ0) is 17.5. The summed E-state index contributed by atoms with van der Waals surface area (Å²) in [7, 11) is 0. The van der Waals surface area contributed by atoms with E-state index in [0.29, 0.717) is 0 Å². The Hall–Kier alpha value is -2.02. The minimum atomic E-state index is 0.828. The van der Waals surface area contributed by atoms with Crippen molar-refractivity contribution in [3.05, 3.63) is 27.9 Å². The van der Waals surface area contributed by atoms with Crippen LogP contribution in [0, 0.1) is 6.92 Å². The van der Waals surface area contributed by atoms with Crippen LogP contribution in [0.2, 0.25) is 0 Å². The zero-order valence-corrected chi connectivity index (χ0v) is 16.0. The van der Waals surface area contributed by atoms with Gasteiger partial charge < -0.3 is 9.88 Å². The summed E-state index contributed by atoms with van der Waals surface area (Å²) < 4.78 is 2.33. The van der Waals surface area contributed by atoms with Gasteiger partial charge >= 0.3 is 0 Å². The van der Waals surface area contributed by atoms with Crippen LogP contribution in [-0.2, 0) is 32.2 Å². The number of hydrogen-bond acceptors (Lipinski definition) is 6. The Balaban J connectivity index is 1.37. The maximum absolute atomic E-state index is 4.71. The third kappa shape index (κ3) is 2.78. The van der Waals surface area contributed by atoms with Crippen molar-refractivity contribution < 1.29 is 0 Å². The molecule has 136 valence electrons. The Bertz CT molecular complexity index is 957. The third-order valence-electron chi connectivity index (χ3n) is 5.50. The molecular weight excluding hydrogens is 344 g/mol. The van der Waals surface area contributed by atoms with Crippen molar-refractivity contribution in [2.24, 2.45) is 0 Å². The molecule has 0 atom stereocenters. The molecule has 1 aliphatic heterocycles. The Kier molecular flexibility index (Phi) is 4.11. The Morgan fingerprint density at radius 3 is 2.96 bits per heavy atom. The van der Waals surface area contributed by atoms with Gasteiger partial charge in [0.05, 0.1) is 5.39 Å². The van der Waals surface area contributed by atoms with Crippen LogP contribution in [0.3, 0.4) is 0 Å². The molecule has 0 spiro atoms. The normalized spacial score (nSPS) is 16.5. The van der Waals surface area contributed by atoms with Crippen LogP contribution in [0.25, 0.3) is 10.2 Å². The minimum Gasteiger partial charge on any atom is -0.369 e. The lowest BCUT2D eigenvalue weighted by Gasteiger charge is -2.10. The van der Waals surface area contributed by atoms with Gasteiger partial charge in [0, 0.05) is 30.8 Å². The van der Waals surface area contributed by atoms with Crippen LogP contribution >= 0.6 is 11.3 Å². The lowest BCUT2D eigenvalue weighted by Crippen LogP contribution is -2.13. The first-order valence-corrected chi connectivity index (χ1v) is 10.5.